The highest BCUT2D eigenvalue weighted by Gasteiger charge is 2.39. The second kappa shape index (κ2) is 3.76. The molecule has 1 fully saturated rings. The summed E-state index contributed by atoms with van der Waals surface area (Å²) in [5.41, 5.74) is 0.457. The van der Waals surface area contributed by atoms with Gasteiger partial charge in [-0.3, -0.25) is 9.10 Å². The number of para-hydroxylation sites is 1. The standard InChI is InChI=1S/C9H10N2O4S/c12-9(13)8-6-11(16(14,15)10-8)7-4-2-1-3-5-7/h1-5,8,10H,6H2,(H,12,13). The molecule has 7 heteroatoms. The smallest absolute Gasteiger partial charge is 0.323 e. The number of nitrogens with zero attached hydrogens (tertiary/aromatic N) is 1. The fourth-order valence-electron chi connectivity index (χ4n) is 1.51. The van der Waals surface area contributed by atoms with Gasteiger partial charge in [0.1, 0.15) is 6.04 Å². The summed E-state index contributed by atoms with van der Waals surface area (Å²) in [7, 11) is -3.73. The summed E-state index contributed by atoms with van der Waals surface area (Å²) in [6, 6.07) is 7.28. The molecule has 6 nitrogen and oxygen atoms in total. The normalized spacial score (nSPS) is 23.2. The lowest BCUT2D eigenvalue weighted by Crippen LogP contribution is -2.34. The summed E-state index contributed by atoms with van der Waals surface area (Å²) in [5, 5.41) is 8.76. The van der Waals surface area contributed by atoms with E-state index in [2.05, 4.69) is 4.72 Å². The van der Waals surface area contributed by atoms with Gasteiger partial charge in [-0.15, -0.1) is 0 Å². The summed E-state index contributed by atoms with van der Waals surface area (Å²) < 4.78 is 26.4. The Labute approximate surface area is 92.7 Å². The van der Waals surface area contributed by atoms with Gasteiger partial charge in [0, 0.05) is 0 Å². The SMILES string of the molecule is O=C(O)C1CN(c2ccccc2)S(=O)(=O)N1. The van der Waals surface area contributed by atoms with E-state index < -0.39 is 22.2 Å². The second-order valence-electron chi connectivity index (χ2n) is 3.38. The highest BCUT2D eigenvalue weighted by atomic mass is 32.2. The van der Waals surface area contributed by atoms with Crippen LogP contribution in [0.15, 0.2) is 30.3 Å². The minimum atomic E-state index is -3.73. The predicted molar refractivity (Wildman–Crippen MR) is 57.3 cm³/mol. The predicted octanol–water partition coefficient (Wildman–Crippen LogP) is -0.206. The zero-order chi connectivity index (χ0) is 11.8. The fourth-order valence-corrected chi connectivity index (χ4v) is 2.92. The highest BCUT2D eigenvalue weighted by Crippen LogP contribution is 2.21. The maximum absolute atomic E-state index is 11.6. The minimum Gasteiger partial charge on any atom is -0.480 e. The fraction of sp³-hybridized carbons (Fsp3) is 0.222. The molecule has 1 saturated heterocycles. The Balaban J connectivity index is 2.33. The molecule has 0 aromatic heterocycles. The molecule has 0 aliphatic carbocycles. The van der Waals surface area contributed by atoms with Crippen LogP contribution in [0.1, 0.15) is 0 Å². The third-order valence-corrected chi connectivity index (χ3v) is 3.79. The molecule has 0 radical (unpaired) electrons. The molecule has 2 rings (SSSR count). The van der Waals surface area contributed by atoms with E-state index in [0.29, 0.717) is 5.69 Å². The zero-order valence-corrected chi connectivity index (χ0v) is 9.02. The first-order chi connectivity index (χ1) is 7.50. The number of benzene rings is 1. The molecule has 0 saturated carbocycles. The number of hydrogen-bond acceptors (Lipinski definition) is 3. The van der Waals surface area contributed by atoms with Crippen molar-refractivity contribution in [3.8, 4) is 0 Å². The van der Waals surface area contributed by atoms with Gasteiger partial charge >= 0.3 is 16.2 Å². The Morgan fingerprint density at radius 3 is 2.50 bits per heavy atom. The molecule has 1 aromatic rings. The van der Waals surface area contributed by atoms with Crippen molar-refractivity contribution >= 4 is 21.9 Å². The number of nitrogens with one attached hydrogen (secondary N) is 1. The summed E-state index contributed by atoms with van der Waals surface area (Å²) in [4.78, 5) is 10.7. The van der Waals surface area contributed by atoms with Gasteiger partial charge in [-0.2, -0.15) is 13.1 Å². The van der Waals surface area contributed by atoms with E-state index >= 15 is 0 Å². The molecular formula is C9H10N2O4S. The van der Waals surface area contributed by atoms with E-state index in [-0.39, 0.29) is 6.54 Å². The number of anilines is 1. The molecule has 1 atom stereocenters. The van der Waals surface area contributed by atoms with Crippen molar-refractivity contribution in [2.45, 2.75) is 6.04 Å². The first kappa shape index (κ1) is 10.9. The van der Waals surface area contributed by atoms with Gasteiger partial charge in [-0.05, 0) is 12.1 Å². The molecule has 0 bridgehead atoms. The molecule has 1 aliphatic heterocycles. The summed E-state index contributed by atoms with van der Waals surface area (Å²) in [6.45, 7) is -0.0956. The molecule has 2 N–H and O–H groups in total. The Bertz CT molecular complexity index is 500. The van der Waals surface area contributed by atoms with E-state index in [1.54, 1.807) is 30.3 Å². The minimum absolute atomic E-state index is 0.0956. The summed E-state index contributed by atoms with van der Waals surface area (Å²) in [6.07, 6.45) is 0. The van der Waals surface area contributed by atoms with E-state index in [4.69, 9.17) is 5.11 Å². The number of rotatable bonds is 2. The van der Waals surface area contributed by atoms with Gasteiger partial charge in [-0.25, -0.2) is 0 Å². The van der Waals surface area contributed by atoms with E-state index in [1.807, 2.05) is 0 Å². The number of aliphatic carboxylic acids is 1. The lowest BCUT2D eigenvalue weighted by atomic mass is 10.3. The number of carbonyl (C=O) groups is 1. The van der Waals surface area contributed by atoms with Crippen LogP contribution in [-0.2, 0) is 15.0 Å². The van der Waals surface area contributed by atoms with Crippen molar-refractivity contribution in [3.05, 3.63) is 30.3 Å². The van der Waals surface area contributed by atoms with Crippen LogP contribution in [0.25, 0.3) is 0 Å². The maximum Gasteiger partial charge on any atom is 0.323 e. The van der Waals surface area contributed by atoms with E-state index in [0.717, 1.165) is 4.31 Å². The average molecular weight is 242 g/mol. The maximum atomic E-state index is 11.6. The van der Waals surface area contributed by atoms with Gasteiger partial charge in [-0.1, -0.05) is 18.2 Å². The molecule has 1 unspecified atom stereocenters. The van der Waals surface area contributed by atoms with Crippen molar-refractivity contribution < 1.29 is 18.3 Å². The number of carboxylic acid groups (broad SMARTS) is 1. The molecule has 0 amide bonds. The summed E-state index contributed by atoms with van der Waals surface area (Å²) >= 11 is 0. The van der Waals surface area contributed by atoms with Gasteiger partial charge < -0.3 is 5.11 Å². The number of carboxylic acids is 1. The van der Waals surface area contributed by atoms with Crippen LogP contribution in [0.5, 0.6) is 0 Å². The van der Waals surface area contributed by atoms with Crippen molar-refractivity contribution in [1.29, 1.82) is 0 Å². The van der Waals surface area contributed by atoms with Crippen molar-refractivity contribution in [3.63, 3.8) is 0 Å². The Hall–Kier alpha value is -1.60. The second-order valence-corrected chi connectivity index (χ2v) is 5.01. The molecule has 1 heterocycles. The van der Waals surface area contributed by atoms with Gasteiger partial charge in [0.2, 0.25) is 0 Å². The first-order valence-corrected chi connectivity index (χ1v) is 6.02. The Kier molecular flexibility index (Phi) is 2.56. The van der Waals surface area contributed by atoms with Crippen molar-refractivity contribution in [2.24, 2.45) is 0 Å². The lowest BCUT2D eigenvalue weighted by molar-refractivity contribution is -0.138. The molecule has 86 valence electrons. The van der Waals surface area contributed by atoms with Crippen LogP contribution in [0.3, 0.4) is 0 Å². The quantitative estimate of drug-likeness (QED) is 0.751. The third-order valence-electron chi connectivity index (χ3n) is 2.27. The van der Waals surface area contributed by atoms with E-state index in [9.17, 15) is 13.2 Å². The first-order valence-electron chi connectivity index (χ1n) is 4.58. The van der Waals surface area contributed by atoms with Crippen LogP contribution >= 0.6 is 0 Å². The average Bonchev–Trinajstić information content (AvgIpc) is 2.56. The topological polar surface area (TPSA) is 86.7 Å². The van der Waals surface area contributed by atoms with Crippen LogP contribution in [0.4, 0.5) is 5.69 Å². The Morgan fingerprint density at radius 1 is 1.38 bits per heavy atom. The van der Waals surface area contributed by atoms with Crippen molar-refractivity contribution in [2.75, 3.05) is 10.8 Å². The summed E-state index contributed by atoms with van der Waals surface area (Å²) in [5.74, 6) is -1.18. The lowest BCUT2D eigenvalue weighted by Gasteiger charge is -2.14. The molecular weight excluding hydrogens is 232 g/mol. The third kappa shape index (κ3) is 1.86. The van der Waals surface area contributed by atoms with Crippen LogP contribution < -0.4 is 9.03 Å². The van der Waals surface area contributed by atoms with Crippen LogP contribution in [-0.4, -0.2) is 32.1 Å². The van der Waals surface area contributed by atoms with Crippen molar-refractivity contribution in [1.82, 2.24) is 4.72 Å². The van der Waals surface area contributed by atoms with Gasteiger partial charge in [0.25, 0.3) is 0 Å². The zero-order valence-electron chi connectivity index (χ0n) is 8.20. The molecule has 1 aliphatic rings. The van der Waals surface area contributed by atoms with Crippen LogP contribution in [0.2, 0.25) is 0 Å². The monoisotopic (exact) mass is 242 g/mol. The highest BCUT2D eigenvalue weighted by molar-refractivity contribution is 7.91. The van der Waals surface area contributed by atoms with E-state index in [1.165, 1.54) is 0 Å². The van der Waals surface area contributed by atoms with Crippen LogP contribution in [0, 0.1) is 0 Å². The largest absolute Gasteiger partial charge is 0.480 e. The molecule has 1 aromatic carbocycles. The molecule has 0 spiro atoms. The Morgan fingerprint density at radius 2 is 2.00 bits per heavy atom. The molecule has 16 heavy (non-hydrogen) atoms. The van der Waals surface area contributed by atoms with Gasteiger partial charge in [0.15, 0.2) is 0 Å². The number of hydrogen-bond donors (Lipinski definition) is 2. The van der Waals surface area contributed by atoms with Gasteiger partial charge in [0.05, 0.1) is 12.2 Å².